The zero-order valence-electron chi connectivity index (χ0n) is 23.2. The summed E-state index contributed by atoms with van der Waals surface area (Å²) in [7, 11) is 0. The van der Waals surface area contributed by atoms with Crippen molar-refractivity contribution in [2.45, 2.75) is 98.2 Å². The molecule has 0 fully saturated rings. The number of rotatable bonds is 16. The first-order valence-corrected chi connectivity index (χ1v) is 13.8. The van der Waals surface area contributed by atoms with Gasteiger partial charge in [-0.05, 0) is 69.0 Å². The number of hydrogen-bond donors (Lipinski definition) is 0. The zero-order valence-corrected chi connectivity index (χ0v) is 23.2. The molecule has 0 aliphatic rings. The van der Waals surface area contributed by atoms with Crippen LogP contribution < -0.4 is 4.74 Å². The van der Waals surface area contributed by atoms with Gasteiger partial charge in [0.05, 0.1) is 16.6 Å². The molecule has 0 aliphatic carbocycles. The van der Waals surface area contributed by atoms with E-state index in [1.165, 1.54) is 6.07 Å². The van der Waals surface area contributed by atoms with Crippen molar-refractivity contribution in [1.29, 1.82) is 0 Å². The Kier molecular flexibility index (Phi) is 12.9. The predicted molar refractivity (Wildman–Crippen MR) is 149 cm³/mol. The Labute approximate surface area is 222 Å². The number of nitro groups is 1. The fraction of sp³-hybridized carbons (Fsp3) is 0.567. The smallest absolute Gasteiger partial charge is 0.410 e. The van der Waals surface area contributed by atoms with E-state index in [0.29, 0.717) is 18.7 Å². The van der Waals surface area contributed by atoms with Crippen LogP contribution in [-0.2, 0) is 4.74 Å². The van der Waals surface area contributed by atoms with Gasteiger partial charge in [0.1, 0.15) is 11.9 Å². The predicted octanol–water partition coefficient (Wildman–Crippen LogP) is 8.71. The van der Waals surface area contributed by atoms with Crippen LogP contribution in [0.1, 0.15) is 97.7 Å². The molecule has 0 bridgehead atoms. The summed E-state index contributed by atoms with van der Waals surface area (Å²) in [4.78, 5) is 26.3. The molecule has 2 aromatic carbocycles. The Hall–Kier alpha value is -3.09. The Balaban J connectivity index is 2.20. The van der Waals surface area contributed by atoms with Crippen LogP contribution in [0.5, 0.6) is 5.75 Å². The van der Waals surface area contributed by atoms with Crippen LogP contribution >= 0.6 is 0 Å². The van der Waals surface area contributed by atoms with Crippen LogP contribution in [0.25, 0.3) is 11.1 Å². The number of nitrogens with zero attached hydrogens (tertiary/aromatic N) is 2. The van der Waals surface area contributed by atoms with Crippen molar-refractivity contribution < 1.29 is 19.2 Å². The summed E-state index contributed by atoms with van der Waals surface area (Å²) in [5.74, 6) is 0.765. The van der Waals surface area contributed by atoms with E-state index < -0.39 is 17.1 Å². The highest BCUT2D eigenvalue weighted by atomic mass is 16.6. The van der Waals surface area contributed by atoms with E-state index in [1.807, 2.05) is 38.1 Å². The number of amides is 1. The van der Waals surface area contributed by atoms with Gasteiger partial charge in [-0.2, -0.15) is 0 Å². The maximum absolute atomic E-state index is 13.1. The summed E-state index contributed by atoms with van der Waals surface area (Å²) in [6.45, 7) is 11.2. The molecule has 0 N–H and O–H groups in total. The van der Waals surface area contributed by atoms with Gasteiger partial charge in [0, 0.05) is 19.2 Å². The van der Waals surface area contributed by atoms with Crippen molar-refractivity contribution >= 4 is 11.8 Å². The summed E-state index contributed by atoms with van der Waals surface area (Å²) < 4.78 is 11.5. The lowest BCUT2D eigenvalue weighted by Gasteiger charge is -2.24. The SMILES string of the molecule is CCCCCCN(CCCCCC)C(=O)OC(C)c1cc(-c2ccc(OC(C)C)cc2)ccc1[N+](=O)[O-]. The number of carbonyl (C=O) groups excluding carboxylic acids is 1. The molecular weight excluding hydrogens is 468 g/mol. The number of carbonyl (C=O) groups is 1. The van der Waals surface area contributed by atoms with Crippen LogP contribution in [0.2, 0.25) is 0 Å². The van der Waals surface area contributed by atoms with E-state index in [0.717, 1.165) is 68.2 Å². The van der Waals surface area contributed by atoms with Gasteiger partial charge in [-0.3, -0.25) is 10.1 Å². The molecule has 37 heavy (non-hydrogen) atoms. The maximum atomic E-state index is 13.1. The quantitative estimate of drug-likeness (QED) is 0.128. The van der Waals surface area contributed by atoms with Crippen LogP contribution in [0, 0.1) is 10.1 Å². The summed E-state index contributed by atoms with van der Waals surface area (Å²) in [5.41, 5.74) is 2.05. The first-order chi connectivity index (χ1) is 17.8. The van der Waals surface area contributed by atoms with Gasteiger partial charge in [-0.15, -0.1) is 0 Å². The normalized spacial score (nSPS) is 11.8. The van der Waals surface area contributed by atoms with Gasteiger partial charge in [-0.25, -0.2) is 4.79 Å². The highest BCUT2D eigenvalue weighted by Crippen LogP contribution is 2.33. The molecule has 0 aromatic heterocycles. The third-order valence-corrected chi connectivity index (χ3v) is 6.32. The fourth-order valence-electron chi connectivity index (χ4n) is 4.27. The summed E-state index contributed by atoms with van der Waals surface area (Å²) in [6.07, 6.45) is 7.44. The second kappa shape index (κ2) is 15.9. The largest absolute Gasteiger partial charge is 0.491 e. The van der Waals surface area contributed by atoms with E-state index in [9.17, 15) is 14.9 Å². The monoisotopic (exact) mass is 512 g/mol. The van der Waals surface area contributed by atoms with Crippen molar-refractivity contribution in [3.8, 4) is 16.9 Å². The Morgan fingerprint density at radius 1 is 0.865 bits per heavy atom. The molecule has 1 unspecified atom stereocenters. The molecule has 0 aliphatic heterocycles. The van der Waals surface area contributed by atoms with Gasteiger partial charge >= 0.3 is 6.09 Å². The molecular formula is C30H44N2O5. The standard InChI is InChI=1S/C30H44N2O5/c1-6-8-10-12-20-31(21-13-11-9-7-2)30(33)37-24(5)28-22-26(16-19-29(28)32(34)35)25-14-17-27(18-15-25)36-23(3)4/h14-19,22-24H,6-13,20-21H2,1-5H3. The van der Waals surface area contributed by atoms with E-state index in [2.05, 4.69) is 13.8 Å². The number of ether oxygens (including phenoxy) is 2. The van der Waals surface area contributed by atoms with Gasteiger partial charge in [0.2, 0.25) is 0 Å². The number of benzene rings is 2. The molecule has 1 atom stereocenters. The molecule has 7 nitrogen and oxygen atoms in total. The van der Waals surface area contributed by atoms with Crippen molar-refractivity contribution in [2.75, 3.05) is 13.1 Å². The molecule has 2 aromatic rings. The van der Waals surface area contributed by atoms with Gasteiger partial charge in [0.25, 0.3) is 5.69 Å². The summed E-state index contributed by atoms with van der Waals surface area (Å²) >= 11 is 0. The highest BCUT2D eigenvalue weighted by Gasteiger charge is 2.25. The minimum Gasteiger partial charge on any atom is -0.491 e. The van der Waals surface area contributed by atoms with Crippen molar-refractivity contribution in [2.24, 2.45) is 0 Å². The minimum atomic E-state index is -0.759. The van der Waals surface area contributed by atoms with E-state index >= 15 is 0 Å². The Morgan fingerprint density at radius 2 is 1.43 bits per heavy atom. The topological polar surface area (TPSA) is 81.9 Å². The fourth-order valence-corrected chi connectivity index (χ4v) is 4.27. The third kappa shape index (κ3) is 10.1. The van der Waals surface area contributed by atoms with E-state index in [4.69, 9.17) is 9.47 Å². The average Bonchev–Trinajstić information content (AvgIpc) is 2.87. The molecule has 1 amide bonds. The Morgan fingerprint density at radius 3 is 1.95 bits per heavy atom. The maximum Gasteiger partial charge on any atom is 0.410 e. The van der Waals surface area contributed by atoms with Crippen molar-refractivity contribution in [1.82, 2.24) is 4.90 Å². The summed E-state index contributed by atoms with van der Waals surface area (Å²) in [5, 5.41) is 11.8. The number of unbranched alkanes of at least 4 members (excludes halogenated alkanes) is 6. The van der Waals surface area contributed by atoms with Gasteiger partial charge in [0.15, 0.2) is 0 Å². The van der Waals surface area contributed by atoms with Gasteiger partial charge in [-0.1, -0.05) is 64.5 Å². The second-order valence-corrected chi connectivity index (χ2v) is 9.86. The lowest BCUT2D eigenvalue weighted by molar-refractivity contribution is -0.386. The molecule has 0 radical (unpaired) electrons. The molecule has 0 spiro atoms. The molecule has 204 valence electrons. The molecule has 0 saturated carbocycles. The van der Waals surface area contributed by atoms with E-state index in [-0.39, 0.29) is 11.8 Å². The average molecular weight is 513 g/mol. The molecule has 7 heteroatoms. The van der Waals surface area contributed by atoms with E-state index in [1.54, 1.807) is 24.0 Å². The molecule has 0 saturated heterocycles. The van der Waals surface area contributed by atoms with Crippen LogP contribution in [0.3, 0.4) is 0 Å². The highest BCUT2D eigenvalue weighted by molar-refractivity contribution is 5.70. The first kappa shape index (κ1) is 30.1. The Bertz CT molecular complexity index is 962. The molecule has 0 heterocycles. The van der Waals surface area contributed by atoms with Crippen molar-refractivity contribution in [3.63, 3.8) is 0 Å². The minimum absolute atomic E-state index is 0.0544. The number of nitro benzene ring substituents is 1. The third-order valence-electron chi connectivity index (χ3n) is 6.32. The van der Waals surface area contributed by atoms with Crippen LogP contribution in [0.4, 0.5) is 10.5 Å². The summed E-state index contributed by atoms with van der Waals surface area (Å²) in [6, 6.07) is 12.6. The second-order valence-electron chi connectivity index (χ2n) is 9.86. The lowest BCUT2D eigenvalue weighted by Crippen LogP contribution is -2.34. The van der Waals surface area contributed by atoms with Crippen molar-refractivity contribution in [3.05, 3.63) is 58.1 Å². The first-order valence-electron chi connectivity index (χ1n) is 13.8. The number of hydrogen-bond acceptors (Lipinski definition) is 5. The van der Waals surface area contributed by atoms with Crippen LogP contribution in [0.15, 0.2) is 42.5 Å². The van der Waals surface area contributed by atoms with Crippen LogP contribution in [-0.4, -0.2) is 35.1 Å². The lowest BCUT2D eigenvalue weighted by atomic mass is 9.99. The zero-order chi connectivity index (χ0) is 27.2. The molecule has 2 rings (SSSR count). The van der Waals surface area contributed by atoms with Gasteiger partial charge < -0.3 is 14.4 Å².